The molecule has 2 aromatic carbocycles. The van der Waals surface area contributed by atoms with Gasteiger partial charge in [0.15, 0.2) is 12.6 Å². The van der Waals surface area contributed by atoms with Crippen LogP contribution in [0.1, 0.15) is 35.4 Å². The zero-order valence-corrected chi connectivity index (χ0v) is 19.1. The number of nitrogens with one attached hydrogen (secondary N) is 1. The van der Waals surface area contributed by atoms with Crippen molar-refractivity contribution in [3.63, 3.8) is 0 Å². The van der Waals surface area contributed by atoms with Crippen molar-refractivity contribution in [3.8, 4) is 0 Å². The molecule has 2 aromatic rings. The molecule has 10 nitrogen and oxygen atoms in total. The van der Waals surface area contributed by atoms with Gasteiger partial charge in [-0.1, -0.05) is 54.6 Å². The minimum atomic E-state index is -4.04. The Labute approximate surface area is 196 Å². The third kappa shape index (κ3) is 9.58. The number of aliphatic carboxylic acids is 1. The summed E-state index contributed by atoms with van der Waals surface area (Å²) >= 11 is 0. The second-order valence-electron chi connectivity index (χ2n) is 7.19. The van der Waals surface area contributed by atoms with Gasteiger partial charge in [0.1, 0.15) is 6.61 Å². The monoisotopic (exact) mass is 491 g/mol. The molecule has 1 amide bonds. The van der Waals surface area contributed by atoms with Crippen molar-refractivity contribution < 1.29 is 43.5 Å². The maximum absolute atomic E-state index is 12.5. The normalized spacial score (nSPS) is 13.6. The number of carboxylic acids is 1. The van der Waals surface area contributed by atoms with E-state index in [4.69, 9.17) is 14.6 Å². The van der Waals surface area contributed by atoms with Crippen LogP contribution in [0.2, 0.25) is 0 Å². The number of benzene rings is 2. The van der Waals surface area contributed by atoms with E-state index in [0.717, 1.165) is 11.6 Å². The van der Waals surface area contributed by atoms with Crippen LogP contribution in [0.5, 0.6) is 0 Å². The molecule has 0 fully saturated rings. The lowest BCUT2D eigenvalue weighted by Crippen LogP contribution is -2.28. The second kappa shape index (κ2) is 13.3. The van der Waals surface area contributed by atoms with Crippen molar-refractivity contribution in [1.29, 1.82) is 0 Å². The quantitative estimate of drug-likeness (QED) is 0.151. The van der Waals surface area contributed by atoms with Crippen molar-refractivity contribution in [3.05, 3.63) is 77.4 Å². The van der Waals surface area contributed by atoms with Crippen molar-refractivity contribution >= 4 is 31.5 Å². The molecular weight excluding hydrogens is 465 g/mol. The molecule has 34 heavy (non-hydrogen) atoms. The molecule has 0 aliphatic carbocycles. The number of hydrogen-bond acceptors (Lipinski definition) is 7. The summed E-state index contributed by atoms with van der Waals surface area (Å²) in [5.41, 5.74) is 1.54. The highest BCUT2D eigenvalue weighted by molar-refractivity contribution is 7.58. The Bertz CT molecular complexity index is 1040. The van der Waals surface area contributed by atoms with Crippen LogP contribution in [0.3, 0.4) is 0 Å². The highest BCUT2D eigenvalue weighted by Gasteiger charge is 2.30. The highest BCUT2D eigenvalue weighted by Crippen LogP contribution is 2.54. The van der Waals surface area contributed by atoms with E-state index in [2.05, 4.69) is 5.32 Å². The van der Waals surface area contributed by atoms with Crippen LogP contribution in [0, 0.1) is 0 Å². The van der Waals surface area contributed by atoms with E-state index in [0.29, 0.717) is 5.56 Å². The standard InChI is InChI=1S/C23H26NO9P/c25-20(26)13-10-17-8-11-19(12-9-17)22(28)34(30,31)14-4-7-21(27)33-16-24-23(29)32-15-18-5-2-1-3-6-18/h1-3,5-6,8-13,22,28H,4,7,14-16H2,(H,24,29)(H,25,26)(H,30,31)/b13-10+/t22-/m0/s1. The van der Waals surface area contributed by atoms with Crippen LogP contribution in [-0.4, -0.2) is 46.0 Å². The Kier molecular flexibility index (Phi) is 10.5. The van der Waals surface area contributed by atoms with E-state index >= 15 is 0 Å². The Balaban J connectivity index is 1.68. The molecule has 0 radical (unpaired) electrons. The number of amides is 1. The average molecular weight is 491 g/mol. The molecule has 2 atom stereocenters. The van der Waals surface area contributed by atoms with Gasteiger partial charge in [-0.05, 0) is 29.2 Å². The number of esters is 1. The zero-order valence-electron chi connectivity index (χ0n) is 18.2. The summed E-state index contributed by atoms with van der Waals surface area (Å²) in [6, 6.07) is 14.9. The molecular formula is C23H26NO9P. The van der Waals surface area contributed by atoms with Crippen molar-refractivity contribution in [1.82, 2.24) is 5.32 Å². The second-order valence-corrected chi connectivity index (χ2v) is 9.64. The van der Waals surface area contributed by atoms with Gasteiger partial charge in [0.25, 0.3) is 0 Å². The van der Waals surface area contributed by atoms with E-state index in [9.17, 15) is 28.9 Å². The summed E-state index contributed by atoms with van der Waals surface area (Å²) in [4.78, 5) is 44.1. The van der Waals surface area contributed by atoms with Gasteiger partial charge in [-0.15, -0.1) is 0 Å². The molecule has 11 heteroatoms. The van der Waals surface area contributed by atoms with Crippen LogP contribution in [0.25, 0.3) is 6.08 Å². The molecule has 0 aliphatic rings. The minimum Gasteiger partial charge on any atom is -0.478 e. The Morgan fingerprint density at radius 2 is 1.71 bits per heavy atom. The van der Waals surface area contributed by atoms with Crippen LogP contribution in [-0.2, 0) is 30.2 Å². The number of ether oxygens (including phenoxy) is 2. The smallest absolute Gasteiger partial charge is 0.410 e. The Morgan fingerprint density at radius 1 is 1.03 bits per heavy atom. The first kappa shape index (κ1) is 26.8. The molecule has 0 spiro atoms. The Morgan fingerprint density at radius 3 is 2.35 bits per heavy atom. The van der Waals surface area contributed by atoms with Gasteiger partial charge < -0.3 is 24.6 Å². The highest BCUT2D eigenvalue weighted by atomic mass is 31.2. The molecule has 0 saturated carbocycles. The number of carbonyl (C=O) groups is 3. The fraction of sp³-hybridized carbons (Fsp3) is 0.261. The maximum atomic E-state index is 12.5. The first-order valence-electron chi connectivity index (χ1n) is 10.3. The topological polar surface area (TPSA) is 159 Å². The molecule has 2 rings (SSSR count). The molecule has 1 unspecified atom stereocenters. The predicted octanol–water partition coefficient (Wildman–Crippen LogP) is 3.25. The molecule has 4 N–H and O–H groups in total. The average Bonchev–Trinajstić information content (AvgIpc) is 2.82. The zero-order chi connectivity index (χ0) is 25.0. The van der Waals surface area contributed by atoms with Crippen LogP contribution in [0.4, 0.5) is 4.79 Å². The summed E-state index contributed by atoms with van der Waals surface area (Å²) in [6.07, 6.45) is 1.02. The Hall–Kier alpha value is -3.46. The summed E-state index contributed by atoms with van der Waals surface area (Å²) < 4.78 is 22.3. The van der Waals surface area contributed by atoms with E-state index < -0.39 is 38.0 Å². The van der Waals surface area contributed by atoms with E-state index in [1.54, 1.807) is 24.3 Å². The summed E-state index contributed by atoms with van der Waals surface area (Å²) in [6.45, 7) is -0.342. The van der Waals surface area contributed by atoms with Gasteiger partial charge in [0.2, 0.25) is 7.37 Å². The maximum Gasteiger partial charge on any atom is 0.410 e. The van der Waals surface area contributed by atoms with E-state index in [1.165, 1.54) is 30.3 Å². The third-order valence-corrected chi connectivity index (χ3v) is 6.58. The van der Waals surface area contributed by atoms with Gasteiger partial charge in [0, 0.05) is 18.7 Å². The first-order chi connectivity index (χ1) is 16.2. The number of carboxylic acid groups (broad SMARTS) is 1. The van der Waals surface area contributed by atoms with Crippen molar-refractivity contribution in [2.45, 2.75) is 25.3 Å². The number of hydrogen-bond donors (Lipinski definition) is 4. The minimum absolute atomic E-state index is 0.0123. The lowest BCUT2D eigenvalue weighted by molar-refractivity contribution is -0.144. The predicted molar refractivity (Wildman–Crippen MR) is 123 cm³/mol. The van der Waals surface area contributed by atoms with E-state index in [1.807, 2.05) is 6.07 Å². The molecule has 0 heterocycles. The summed E-state index contributed by atoms with van der Waals surface area (Å²) in [5.74, 6) is -3.45. The van der Waals surface area contributed by atoms with Gasteiger partial charge in [-0.2, -0.15) is 0 Å². The summed E-state index contributed by atoms with van der Waals surface area (Å²) in [5, 5.41) is 21.1. The van der Waals surface area contributed by atoms with Crippen molar-refractivity contribution in [2.24, 2.45) is 0 Å². The molecule has 0 aromatic heterocycles. The van der Waals surface area contributed by atoms with Gasteiger partial charge in [0.05, 0.1) is 0 Å². The third-order valence-electron chi connectivity index (χ3n) is 4.56. The first-order valence-corrected chi connectivity index (χ1v) is 12.2. The SMILES string of the molecule is O=C(O)/C=C/c1ccc([C@@H](O)P(=O)(O)CCCC(=O)OCNC(=O)OCc2ccccc2)cc1. The van der Waals surface area contributed by atoms with E-state index in [-0.39, 0.29) is 31.2 Å². The van der Waals surface area contributed by atoms with Gasteiger partial charge in [-0.25, -0.2) is 9.59 Å². The van der Waals surface area contributed by atoms with Crippen LogP contribution >= 0.6 is 7.37 Å². The number of rotatable bonds is 12. The van der Waals surface area contributed by atoms with Gasteiger partial charge in [-0.3, -0.25) is 14.7 Å². The number of carbonyl (C=O) groups excluding carboxylic acids is 2. The number of alkyl carbamates (subject to hydrolysis) is 1. The van der Waals surface area contributed by atoms with Crippen molar-refractivity contribution in [2.75, 3.05) is 12.9 Å². The van der Waals surface area contributed by atoms with Crippen LogP contribution < -0.4 is 5.32 Å². The summed E-state index contributed by atoms with van der Waals surface area (Å²) in [7, 11) is -4.04. The molecule has 0 aliphatic heterocycles. The number of aliphatic hydroxyl groups excluding tert-OH is 1. The lowest BCUT2D eigenvalue weighted by atomic mass is 10.1. The molecule has 0 saturated heterocycles. The molecule has 182 valence electrons. The largest absolute Gasteiger partial charge is 0.478 e. The fourth-order valence-electron chi connectivity index (χ4n) is 2.77. The lowest BCUT2D eigenvalue weighted by Gasteiger charge is -2.18. The number of aliphatic hydroxyl groups is 1. The van der Waals surface area contributed by atoms with Gasteiger partial charge >= 0.3 is 18.0 Å². The molecule has 0 bridgehead atoms. The fourth-order valence-corrected chi connectivity index (χ4v) is 4.27. The van der Waals surface area contributed by atoms with Crippen LogP contribution in [0.15, 0.2) is 60.7 Å².